The summed E-state index contributed by atoms with van der Waals surface area (Å²) in [6.07, 6.45) is 1.34. The van der Waals surface area contributed by atoms with Crippen LogP contribution in [-0.4, -0.2) is 36.4 Å². The predicted molar refractivity (Wildman–Crippen MR) is 92.1 cm³/mol. The van der Waals surface area contributed by atoms with E-state index in [1.54, 1.807) is 0 Å². The lowest BCUT2D eigenvalue weighted by molar-refractivity contribution is 0.202. The molecule has 0 fully saturated rings. The normalized spacial score (nSPS) is 16.8. The van der Waals surface area contributed by atoms with E-state index in [9.17, 15) is 9.90 Å². The minimum atomic E-state index is -0.311. The van der Waals surface area contributed by atoms with Crippen LogP contribution in [-0.2, 0) is 12.8 Å². The highest BCUT2D eigenvalue weighted by Gasteiger charge is 2.23. The van der Waals surface area contributed by atoms with Crippen LogP contribution in [0.25, 0.3) is 0 Å². The van der Waals surface area contributed by atoms with Crippen LogP contribution in [0.1, 0.15) is 11.1 Å². The number of amides is 2. The fourth-order valence-corrected chi connectivity index (χ4v) is 2.87. The minimum Gasteiger partial charge on any atom is -0.488 e. The van der Waals surface area contributed by atoms with Gasteiger partial charge in [0.2, 0.25) is 0 Å². The predicted octanol–water partition coefficient (Wildman–Crippen LogP) is 1.89. The fraction of sp³-hybridized carbons (Fsp3) is 0.316. The van der Waals surface area contributed by atoms with Crippen molar-refractivity contribution in [1.29, 1.82) is 0 Å². The number of hydrogen-bond acceptors (Lipinski definition) is 3. The van der Waals surface area contributed by atoms with Gasteiger partial charge in [0.15, 0.2) is 0 Å². The van der Waals surface area contributed by atoms with Crippen LogP contribution in [0.2, 0.25) is 0 Å². The lowest BCUT2D eigenvalue weighted by Crippen LogP contribution is -2.47. The molecule has 1 aliphatic rings. The Hall–Kier alpha value is -2.53. The number of hydrogen-bond donors (Lipinski definition) is 3. The number of benzene rings is 2. The number of aliphatic hydroxyl groups excluding tert-OH is 1. The molecule has 126 valence electrons. The summed E-state index contributed by atoms with van der Waals surface area (Å²) in [4.78, 5) is 12.0. The minimum absolute atomic E-state index is 0.0464. The molecule has 0 unspecified atom stereocenters. The SMILES string of the molecule is O=C(NC[C@H]1Cc2ccccc2O1)N[C@H](CO)Cc1ccccc1. The summed E-state index contributed by atoms with van der Waals surface area (Å²) in [7, 11) is 0. The van der Waals surface area contributed by atoms with Gasteiger partial charge in [0.1, 0.15) is 11.9 Å². The van der Waals surface area contributed by atoms with E-state index in [2.05, 4.69) is 10.6 Å². The van der Waals surface area contributed by atoms with E-state index in [4.69, 9.17) is 4.74 Å². The van der Waals surface area contributed by atoms with Crippen molar-refractivity contribution in [2.24, 2.45) is 0 Å². The lowest BCUT2D eigenvalue weighted by atomic mass is 10.1. The van der Waals surface area contributed by atoms with Crippen LogP contribution in [0.4, 0.5) is 4.79 Å². The third kappa shape index (κ3) is 4.26. The zero-order valence-corrected chi connectivity index (χ0v) is 13.4. The van der Waals surface area contributed by atoms with Crippen molar-refractivity contribution in [1.82, 2.24) is 10.6 Å². The first kappa shape index (κ1) is 16.3. The van der Waals surface area contributed by atoms with E-state index in [0.29, 0.717) is 13.0 Å². The van der Waals surface area contributed by atoms with Crippen LogP contribution >= 0.6 is 0 Å². The van der Waals surface area contributed by atoms with Gasteiger partial charge in [-0.3, -0.25) is 0 Å². The average Bonchev–Trinajstić information content (AvgIpc) is 3.03. The third-order valence-electron chi connectivity index (χ3n) is 4.08. The second kappa shape index (κ2) is 7.84. The van der Waals surface area contributed by atoms with Gasteiger partial charge in [0, 0.05) is 6.42 Å². The van der Waals surface area contributed by atoms with E-state index in [0.717, 1.165) is 17.7 Å². The average molecular weight is 326 g/mol. The standard InChI is InChI=1S/C19H22N2O3/c22-13-16(10-14-6-2-1-3-7-14)21-19(23)20-12-17-11-15-8-4-5-9-18(15)24-17/h1-9,16-17,22H,10-13H2,(H2,20,21,23)/t16-,17+/m0/s1. The topological polar surface area (TPSA) is 70.6 Å². The molecule has 0 bridgehead atoms. The zero-order valence-electron chi connectivity index (χ0n) is 13.4. The molecule has 0 saturated heterocycles. The number of carbonyl (C=O) groups excluding carboxylic acids is 1. The quantitative estimate of drug-likeness (QED) is 0.759. The maximum Gasteiger partial charge on any atom is 0.315 e. The van der Waals surface area contributed by atoms with Crippen molar-refractivity contribution < 1.29 is 14.6 Å². The second-order valence-corrected chi connectivity index (χ2v) is 5.98. The van der Waals surface area contributed by atoms with Crippen LogP contribution in [0.15, 0.2) is 54.6 Å². The Morgan fingerprint density at radius 3 is 2.67 bits per heavy atom. The number of carbonyl (C=O) groups is 1. The summed E-state index contributed by atoms with van der Waals surface area (Å²) >= 11 is 0. The summed E-state index contributed by atoms with van der Waals surface area (Å²) in [6, 6.07) is 17.1. The molecule has 0 aliphatic carbocycles. The van der Waals surface area contributed by atoms with Crippen molar-refractivity contribution >= 4 is 6.03 Å². The molecule has 2 atom stereocenters. The molecule has 0 aromatic heterocycles. The van der Waals surface area contributed by atoms with E-state index < -0.39 is 0 Å². The van der Waals surface area contributed by atoms with Crippen LogP contribution < -0.4 is 15.4 Å². The summed E-state index contributed by atoms with van der Waals surface area (Å²) in [6.45, 7) is 0.331. The highest BCUT2D eigenvalue weighted by molar-refractivity contribution is 5.74. The van der Waals surface area contributed by atoms with Crippen molar-refractivity contribution in [3.05, 3.63) is 65.7 Å². The third-order valence-corrected chi connectivity index (χ3v) is 4.08. The number of ether oxygens (including phenoxy) is 1. The first-order valence-corrected chi connectivity index (χ1v) is 8.18. The van der Waals surface area contributed by atoms with E-state index in [-0.39, 0.29) is 24.8 Å². The molecular weight excluding hydrogens is 304 g/mol. The smallest absolute Gasteiger partial charge is 0.315 e. The second-order valence-electron chi connectivity index (χ2n) is 5.98. The Kier molecular flexibility index (Phi) is 5.33. The molecule has 3 N–H and O–H groups in total. The molecule has 0 saturated carbocycles. The number of fused-ring (bicyclic) bond motifs is 1. The number of para-hydroxylation sites is 1. The fourth-order valence-electron chi connectivity index (χ4n) is 2.87. The largest absolute Gasteiger partial charge is 0.488 e. The van der Waals surface area contributed by atoms with Crippen molar-refractivity contribution in [2.75, 3.05) is 13.2 Å². The summed E-state index contributed by atoms with van der Waals surface area (Å²) in [5, 5.41) is 15.1. The maximum absolute atomic E-state index is 12.0. The van der Waals surface area contributed by atoms with Crippen molar-refractivity contribution in [3.63, 3.8) is 0 Å². The molecule has 0 spiro atoms. The number of nitrogens with one attached hydrogen (secondary N) is 2. The van der Waals surface area contributed by atoms with Gasteiger partial charge in [-0.25, -0.2) is 4.79 Å². The zero-order chi connectivity index (χ0) is 16.8. The number of rotatable bonds is 6. The van der Waals surface area contributed by atoms with Gasteiger partial charge in [-0.15, -0.1) is 0 Å². The Labute approximate surface area is 141 Å². The van der Waals surface area contributed by atoms with E-state index >= 15 is 0 Å². The van der Waals surface area contributed by atoms with Crippen molar-refractivity contribution in [3.8, 4) is 5.75 Å². The van der Waals surface area contributed by atoms with Gasteiger partial charge < -0.3 is 20.5 Å². The van der Waals surface area contributed by atoms with Crippen LogP contribution in [0.3, 0.4) is 0 Å². The molecule has 2 aromatic rings. The Balaban J connectivity index is 1.44. The van der Waals surface area contributed by atoms with Crippen LogP contribution in [0.5, 0.6) is 5.75 Å². The van der Waals surface area contributed by atoms with Gasteiger partial charge in [-0.05, 0) is 23.6 Å². The van der Waals surface area contributed by atoms with Gasteiger partial charge >= 0.3 is 6.03 Å². The van der Waals surface area contributed by atoms with Crippen molar-refractivity contribution in [2.45, 2.75) is 25.0 Å². The molecular formula is C19H22N2O3. The molecule has 2 aromatic carbocycles. The Bertz CT molecular complexity index is 650. The monoisotopic (exact) mass is 326 g/mol. The van der Waals surface area contributed by atoms with Crippen LogP contribution in [0, 0.1) is 0 Å². The molecule has 5 nitrogen and oxygen atoms in total. The van der Waals surface area contributed by atoms with Gasteiger partial charge in [-0.2, -0.15) is 0 Å². The highest BCUT2D eigenvalue weighted by atomic mass is 16.5. The number of aliphatic hydroxyl groups is 1. The summed E-state index contributed by atoms with van der Waals surface area (Å²) in [5.74, 6) is 0.891. The maximum atomic E-state index is 12.0. The Morgan fingerprint density at radius 2 is 1.92 bits per heavy atom. The molecule has 2 amide bonds. The molecule has 24 heavy (non-hydrogen) atoms. The summed E-state index contributed by atoms with van der Waals surface area (Å²) in [5.41, 5.74) is 2.24. The molecule has 1 aliphatic heterocycles. The molecule has 1 heterocycles. The first-order chi connectivity index (χ1) is 11.7. The lowest BCUT2D eigenvalue weighted by Gasteiger charge is -2.18. The van der Waals surface area contributed by atoms with E-state index in [1.165, 1.54) is 5.56 Å². The highest BCUT2D eigenvalue weighted by Crippen LogP contribution is 2.27. The molecule has 0 radical (unpaired) electrons. The van der Waals surface area contributed by atoms with Gasteiger partial charge in [0.05, 0.1) is 19.2 Å². The van der Waals surface area contributed by atoms with E-state index in [1.807, 2.05) is 54.6 Å². The number of urea groups is 1. The molecule has 5 heteroatoms. The Morgan fingerprint density at radius 1 is 1.17 bits per heavy atom. The first-order valence-electron chi connectivity index (χ1n) is 8.18. The van der Waals surface area contributed by atoms with Gasteiger partial charge in [0.25, 0.3) is 0 Å². The van der Waals surface area contributed by atoms with Gasteiger partial charge in [-0.1, -0.05) is 48.5 Å². The summed E-state index contributed by atoms with van der Waals surface area (Å²) < 4.78 is 5.79. The molecule has 3 rings (SSSR count).